The van der Waals surface area contributed by atoms with Crippen molar-refractivity contribution in [2.45, 2.75) is 51.5 Å². The maximum Gasteiger partial charge on any atom is 0.129 e. The van der Waals surface area contributed by atoms with Crippen molar-refractivity contribution < 1.29 is 0 Å². The van der Waals surface area contributed by atoms with E-state index in [4.69, 9.17) is 4.98 Å². The molecule has 1 atom stereocenters. The molecule has 0 spiro atoms. The second kappa shape index (κ2) is 5.91. The summed E-state index contributed by atoms with van der Waals surface area (Å²) in [6.07, 6.45) is 7.50. The van der Waals surface area contributed by atoms with Gasteiger partial charge >= 0.3 is 0 Å². The van der Waals surface area contributed by atoms with Gasteiger partial charge in [-0.05, 0) is 56.7 Å². The summed E-state index contributed by atoms with van der Waals surface area (Å²) in [7, 11) is 0. The first-order valence-electron chi connectivity index (χ1n) is 7.84. The van der Waals surface area contributed by atoms with E-state index < -0.39 is 0 Å². The minimum absolute atomic E-state index is 0.638. The van der Waals surface area contributed by atoms with Crippen LogP contribution in [0.1, 0.15) is 43.9 Å². The van der Waals surface area contributed by atoms with Crippen molar-refractivity contribution in [3.63, 3.8) is 0 Å². The molecule has 19 heavy (non-hydrogen) atoms. The lowest BCUT2D eigenvalue weighted by atomic mass is 10.2. The molecule has 2 heterocycles. The second-order valence-electron chi connectivity index (χ2n) is 5.82. The average Bonchev–Trinajstić information content (AvgIpc) is 3.06. The van der Waals surface area contributed by atoms with E-state index in [0.717, 1.165) is 13.1 Å². The van der Waals surface area contributed by atoms with Crippen LogP contribution in [0.4, 0.5) is 5.82 Å². The fraction of sp³-hybridized carbons (Fsp3) is 0.688. The zero-order valence-electron chi connectivity index (χ0n) is 12.0. The molecule has 0 aromatic carbocycles. The lowest BCUT2D eigenvalue weighted by Gasteiger charge is -2.26. The second-order valence-corrected chi connectivity index (χ2v) is 5.82. The van der Waals surface area contributed by atoms with Crippen molar-refractivity contribution in [2.24, 2.45) is 0 Å². The van der Waals surface area contributed by atoms with Gasteiger partial charge in [-0.2, -0.15) is 0 Å². The van der Waals surface area contributed by atoms with Crippen LogP contribution in [-0.4, -0.2) is 30.7 Å². The minimum Gasteiger partial charge on any atom is -0.352 e. The summed E-state index contributed by atoms with van der Waals surface area (Å²) in [5.74, 6) is 1.21. The van der Waals surface area contributed by atoms with E-state index in [0.29, 0.717) is 6.04 Å². The lowest BCUT2D eigenvalue weighted by Crippen LogP contribution is -2.38. The monoisotopic (exact) mass is 259 g/mol. The van der Waals surface area contributed by atoms with Crippen LogP contribution < -0.4 is 10.2 Å². The van der Waals surface area contributed by atoms with Gasteiger partial charge in [0.15, 0.2) is 0 Å². The highest BCUT2D eigenvalue weighted by Gasteiger charge is 2.26. The zero-order valence-corrected chi connectivity index (χ0v) is 12.0. The fourth-order valence-corrected chi connectivity index (χ4v) is 3.36. The highest BCUT2D eigenvalue weighted by atomic mass is 15.2. The van der Waals surface area contributed by atoms with E-state index in [-0.39, 0.29) is 0 Å². The third-order valence-electron chi connectivity index (χ3n) is 4.39. The molecule has 0 saturated carbocycles. The van der Waals surface area contributed by atoms with Crippen molar-refractivity contribution in [3.8, 4) is 0 Å². The number of hydrogen-bond donors (Lipinski definition) is 1. The molecule has 1 aliphatic carbocycles. The molecule has 3 heteroatoms. The molecule has 0 radical (unpaired) electrons. The fourth-order valence-electron chi connectivity index (χ4n) is 3.36. The molecule has 1 fully saturated rings. The number of aromatic nitrogens is 1. The normalized spacial score (nSPS) is 21.9. The number of nitrogens with one attached hydrogen (secondary N) is 1. The predicted molar refractivity (Wildman–Crippen MR) is 79.8 cm³/mol. The van der Waals surface area contributed by atoms with Crippen LogP contribution in [-0.2, 0) is 12.8 Å². The van der Waals surface area contributed by atoms with Crippen LogP contribution in [0, 0.1) is 0 Å². The van der Waals surface area contributed by atoms with Crippen molar-refractivity contribution in [1.82, 2.24) is 10.3 Å². The first kappa shape index (κ1) is 12.9. The van der Waals surface area contributed by atoms with Crippen LogP contribution in [0.3, 0.4) is 0 Å². The summed E-state index contributed by atoms with van der Waals surface area (Å²) in [5.41, 5.74) is 2.83. The molecule has 1 aromatic heterocycles. The summed E-state index contributed by atoms with van der Waals surface area (Å²) in [6, 6.07) is 5.18. The molecule has 2 aliphatic rings. The smallest absolute Gasteiger partial charge is 0.129 e. The van der Waals surface area contributed by atoms with E-state index in [1.807, 2.05) is 0 Å². The number of fused-ring (bicyclic) bond motifs is 1. The highest BCUT2D eigenvalue weighted by Crippen LogP contribution is 2.27. The van der Waals surface area contributed by atoms with Crippen LogP contribution in [0.25, 0.3) is 0 Å². The Bertz CT molecular complexity index is 430. The molecule has 1 saturated heterocycles. The number of nitrogens with zero attached hydrogens (tertiary/aromatic N) is 2. The number of anilines is 1. The Labute approximate surface area is 116 Å². The minimum atomic E-state index is 0.638. The van der Waals surface area contributed by atoms with Gasteiger partial charge in [0.05, 0.1) is 0 Å². The van der Waals surface area contributed by atoms with Crippen LogP contribution in [0.15, 0.2) is 12.1 Å². The van der Waals surface area contributed by atoms with Crippen molar-refractivity contribution >= 4 is 5.82 Å². The number of aryl methyl sites for hydroxylation is 2. The average molecular weight is 259 g/mol. The molecule has 1 N–H and O–H groups in total. The van der Waals surface area contributed by atoms with Gasteiger partial charge in [-0.3, -0.25) is 0 Å². The topological polar surface area (TPSA) is 28.2 Å². The third-order valence-corrected chi connectivity index (χ3v) is 4.39. The van der Waals surface area contributed by atoms with Gasteiger partial charge in [0, 0.05) is 24.8 Å². The Hall–Kier alpha value is -1.09. The van der Waals surface area contributed by atoms with Crippen molar-refractivity contribution in [1.29, 1.82) is 0 Å². The van der Waals surface area contributed by atoms with Gasteiger partial charge in [-0.15, -0.1) is 0 Å². The molecule has 1 aromatic rings. The van der Waals surface area contributed by atoms with E-state index in [1.54, 1.807) is 0 Å². The Balaban J connectivity index is 1.69. The summed E-state index contributed by atoms with van der Waals surface area (Å²) in [4.78, 5) is 7.43. The number of hydrogen-bond acceptors (Lipinski definition) is 3. The van der Waals surface area contributed by atoms with E-state index in [1.165, 1.54) is 62.1 Å². The largest absolute Gasteiger partial charge is 0.352 e. The van der Waals surface area contributed by atoms with E-state index >= 15 is 0 Å². The lowest BCUT2D eigenvalue weighted by molar-refractivity contribution is 0.568. The standard InChI is InChI=1S/C16H25N3/c1-2-10-17-12-14-6-4-11-19(14)16-9-8-13-5-3-7-15(13)18-16/h8-9,14,17H,2-7,10-12H2,1H3. The Morgan fingerprint density at radius 1 is 1.32 bits per heavy atom. The maximum absolute atomic E-state index is 4.91. The highest BCUT2D eigenvalue weighted by molar-refractivity contribution is 5.45. The molecular formula is C16H25N3. The Kier molecular flexibility index (Phi) is 4.02. The van der Waals surface area contributed by atoms with Gasteiger partial charge in [-0.1, -0.05) is 13.0 Å². The SMILES string of the molecule is CCCNCC1CCCN1c1ccc2c(n1)CCC2. The van der Waals surface area contributed by atoms with Crippen LogP contribution >= 0.6 is 0 Å². The van der Waals surface area contributed by atoms with Gasteiger partial charge in [0.25, 0.3) is 0 Å². The first-order valence-corrected chi connectivity index (χ1v) is 7.84. The molecule has 0 amide bonds. The van der Waals surface area contributed by atoms with Gasteiger partial charge in [0.1, 0.15) is 5.82 Å². The molecule has 1 unspecified atom stereocenters. The number of rotatable bonds is 5. The van der Waals surface area contributed by atoms with Gasteiger partial charge in [0.2, 0.25) is 0 Å². The summed E-state index contributed by atoms with van der Waals surface area (Å²) in [6.45, 7) is 5.63. The Morgan fingerprint density at radius 2 is 2.26 bits per heavy atom. The van der Waals surface area contributed by atoms with E-state index in [9.17, 15) is 0 Å². The summed E-state index contributed by atoms with van der Waals surface area (Å²) < 4.78 is 0. The molecule has 3 rings (SSSR count). The summed E-state index contributed by atoms with van der Waals surface area (Å²) >= 11 is 0. The van der Waals surface area contributed by atoms with Crippen molar-refractivity contribution in [3.05, 3.63) is 23.4 Å². The van der Waals surface area contributed by atoms with Crippen molar-refractivity contribution in [2.75, 3.05) is 24.5 Å². The molecule has 3 nitrogen and oxygen atoms in total. The van der Waals surface area contributed by atoms with Gasteiger partial charge < -0.3 is 10.2 Å². The number of pyridine rings is 1. The predicted octanol–water partition coefficient (Wildman–Crippen LogP) is 2.54. The zero-order chi connectivity index (χ0) is 13.1. The summed E-state index contributed by atoms with van der Waals surface area (Å²) in [5, 5.41) is 3.56. The quantitative estimate of drug-likeness (QED) is 0.824. The van der Waals surface area contributed by atoms with Crippen LogP contribution in [0.5, 0.6) is 0 Å². The molecule has 1 aliphatic heterocycles. The third kappa shape index (κ3) is 2.76. The molecule has 104 valence electrons. The first-order chi connectivity index (χ1) is 9.38. The Morgan fingerprint density at radius 3 is 3.16 bits per heavy atom. The van der Waals surface area contributed by atoms with E-state index in [2.05, 4.69) is 29.3 Å². The maximum atomic E-state index is 4.91. The van der Waals surface area contributed by atoms with Gasteiger partial charge in [-0.25, -0.2) is 4.98 Å². The van der Waals surface area contributed by atoms with Crippen LogP contribution in [0.2, 0.25) is 0 Å². The molecular weight excluding hydrogens is 234 g/mol. The molecule has 0 bridgehead atoms.